The molecule has 3 heterocycles. The van der Waals surface area contributed by atoms with Crippen LogP contribution in [-0.4, -0.2) is 61.1 Å². The number of rotatable bonds is 4. The number of ether oxygens (including phenoxy) is 1. The quantitative estimate of drug-likeness (QED) is 0.851. The normalized spacial score (nSPS) is 24.2. The molecule has 2 saturated heterocycles. The van der Waals surface area contributed by atoms with Crippen LogP contribution < -0.4 is 0 Å². The molecule has 0 spiro atoms. The van der Waals surface area contributed by atoms with Crippen molar-refractivity contribution in [2.75, 3.05) is 39.4 Å². The summed E-state index contributed by atoms with van der Waals surface area (Å²) in [4.78, 5) is 17.0. The summed E-state index contributed by atoms with van der Waals surface area (Å²) in [5.41, 5.74) is 0.674. The van der Waals surface area contributed by atoms with Crippen LogP contribution in [0.1, 0.15) is 36.0 Å². The van der Waals surface area contributed by atoms with Crippen molar-refractivity contribution in [1.82, 2.24) is 9.80 Å². The second-order valence-electron chi connectivity index (χ2n) is 5.90. The number of likely N-dealkylation sites (tertiary alicyclic amines) is 1. The van der Waals surface area contributed by atoms with Crippen LogP contribution in [0.15, 0.2) is 23.0 Å². The molecular weight excluding hydrogens is 268 g/mol. The van der Waals surface area contributed by atoms with Crippen molar-refractivity contribution in [2.24, 2.45) is 0 Å². The van der Waals surface area contributed by atoms with Gasteiger partial charge in [0, 0.05) is 32.2 Å². The van der Waals surface area contributed by atoms with Gasteiger partial charge in [-0.3, -0.25) is 9.69 Å². The van der Waals surface area contributed by atoms with Gasteiger partial charge in [-0.25, -0.2) is 0 Å². The van der Waals surface area contributed by atoms with E-state index in [1.165, 1.54) is 6.42 Å². The lowest BCUT2D eigenvalue weighted by molar-refractivity contribution is 0.0295. The Morgan fingerprint density at radius 1 is 1.24 bits per heavy atom. The molecule has 2 aliphatic rings. The van der Waals surface area contributed by atoms with Crippen molar-refractivity contribution in [3.05, 3.63) is 24.2 Å². The molecule has 3 rings (SSSR count). The molecule has 0 aliphatic carbocycles. The van der Waals surface area contributed by atoms with Gasteiger partial charge < -0.3 is 14.1 Å². The molecule has 116 valence electrons. The SMILES string of the molecule is O=C(c1ccoc1)N1CCCCC1CCN1CCOCC1. The summed E-state index contributed by atoms with van der Waals surface area (Å²) in [6.07, 6.45) is 7.63. The zero-order valence-electron chi connectivity index (χ0n) is 12.5. The summed E-state index contributed by atoms with van der Waals surface area (Å²) < 4.78 is 10.4. The summed E-state index contributed by atoms with van der Waals surface area (Å²) in [7, 11) is 0. The van der Waals surface area contributed by atoms with Gasteiger partial charge >= 0.3 is 0 Å². The topological polar surface area (TPSA) is 45.9 Å². The lowest BCUT2D eigenvalue weighted by atomic mass is 9.98. The molecule has 21 heavy (non-hydrogen) atoms. The van der Waals surface area contributed by atoms with Crippen LogP contribution in [0.5, 0.6) is 0 Å². The van der Waals surface area contributed by atoms with Crippen LogP contribution in [0.25, 0.3) is 0 Å². The Labute approximate surface area is 125 Å². The van der Waals surface area contributed by atoms with E-state index in [0.29, 0.717) is 11.6 Å². The lowest BCUT2D eigenvalue weighted by Gasteiger charge is -2.37. The molecule has 0 N–H and O–H groups in total. The van der Waals surface area contributed by atoms with Crippen molar-refractivity contribution in [3.63, 3.8) is 0 Å². The molecule has 0 radical (unpaired) electrons. The Hall–Kier alpha value is -1.33. The van der Waals surface area contributed by atoms with Gasteiger partial charge in [0.15, 0.2) is 0 Å². The predicted octanol–water partition coefficient (Wildman–Crippen LogP) is 2.00. The van der Waals surface area contributed by atoms with Gasteiger partial charge in [-0.1, -0.05) is 0 Å². The van der Waals surface area contributed by atoms with E-state index in [2.05, 4.69) is 9.80 Å². The average molecular weight is 292 g/mol. The van der Waals surface area contributed by atoms with Gasteiger partial charge in [-0.15, -0.1) is 0 Å². The standard InChI is InChI=1S/C16H24N2O3/c19-16(14-5-10-21-13-14)18-6-2-1-3-15(18)4-7-17-8-11-20-12-9-17/h5,10,13,15H,1-4,6-9,11-12H2. The first-order valence-electron chi connectivity index (χ1n) is 7.98. The first kappa shape index (κ1) is 14.6. The van der Waals surface area contributed by atoms with Crippen molar-refractivity contribution >= 4 is 5.91 Å². The molecule has 5 heteroatoms. The van der Waals surface area contributed by atoms with Crippen molar-refractivity contribution < 1.29 is 13.9 Å². The van der Waals surface area contributed by atoms with Gasteiger partial charge in [0.25, 0.3) is 5.91 Å². The molecular formula is C16H24N2O3. The van der Waals surface area contributed by atoms with Crippen molar-refractivity contribution in [2.45, 2.75) is 31.7 Å². The smallest absolute Gasteiger partial charge is 0.257 e. The first-order chi connectivity index (χ1) is 10.3. The van der Waals surface area contributed by atoms with Crippen LogP contribution in [0.2, 0.25) is 0 Å². The number of hydrogen-bond acceptors (Lipinski definition) is 4. The maximum atomic E-state index is 12.6. The Kier molecular flexibility index (Phi) is 4.93. The summed E-state index contributed by atoms with van der Waals surface area (Å²) in [5, 5.41) is 0. The Morgan fingerprint density at radius 2 is 2.10 bits per heavy atom. The molecule has 2 aliphatic heterocycles. The maximum Gasteiger partial charge on any atom is 0.257 e. The van der Waals surface area contributed by atoms with Crippen molar-refractivity contribution in [3.8, 4) is 0 Å². The molecule has 5 nitrogen and oxygen atoms in total. The molecule has 0 aromatic carbocycles. The third-order valence-corrected chi connectivity index (χ3v) is 4.54. The Bertz CT molecular complexity index is 440. The third-order valence-electron chi connectivity index (χ3n) is 4.54. The highest BCUT2D eigenvalue weighted by molar-refractivity contribution is 5.94. The van der Waals surface area contributed by atoms with E-state index in [1.807, 2.05) is 0 Å². The minimum atomic E-state index is 0.121. The summed E-state index contributed by atoms with van der Waals surface area (Å²) in [6, 6.07) is 2.12. The van der Waals surface area contributed by atoms with E-state index < -0.39 is 0 Å². The number of hydrogen-bond donors (Lipinski definition) is 0. The van der Waals surface area contributed by atoms with Gasteiger partial charge in [0.05, 0.1) is 25.0 Å². The zero-order valence-corrected chi connectivity index (χ0v) is 12.5. The minimum absolute atomic E-state index is 0.121. The highest BCUT2D eigenvalue weighted by atomic mass is 16.5. The van der Waals surface area contributed by atoms with E-state index >= 15 is 0 Å². The predicted molar refractivity (Wildman–Crippen MR) is 79.3 cm³/mol. The fraction of sp³-hybridized carbons (Fsp3) is 0.688. The van der Waals surface area contributed by atoms with E-state index in [4.69, 9.17) is 9.15 Å². The zero-order chi connectivity index (χ0) is 14.5. The minimum Gasteiger partial charge on any atom is -0.472 e. The Morgan fingerprint density at radius 3 is 2.86 bits per heavy atom. The van der Waals surface area contributed by atoms with E-state index in [0.717, 1.165) is 58.7 Å². The Balaban J connectivity index is 1.57. The van der Waals surface area contributed by atoms with Gasteiger partial charge in [0.1, 0.15) is 6.26 Å². The molecule has 1 amide bonds. The third kappa shape index (κ3) is 3.66. The van der Waals surface area contributed by atoms with Gasteiger partial charge in [-0.2, -0.15) is 0 Å². The van der Waals surface area contributed by atoms with Crippen LogP contribution in [-0.2, 0) is 4.74 Å². The molecule has 0 saturated carbocycles. The lowest BCUT2D eigenvalue weighted by Crippen LogP contribution is -2.46. The first-order valence-corrected chi connectivity index (χ1v) is 7.98. The van der Waals surface area contributed by atoms with Crippen LogP contribution >= 0.6 is 0 Å². The number of morpholine rings is 1. The molecule has 1 atom stereocenters. The summed E-state index contributed by atoms with van der Waals surface area (Å²) >= 11 is 0. The number of carbonyl (C=O) groups excluding carboxylic acids is 1. The van der Waals surface area contributed by atoms with Crippen LogP contribution in [0.3, 0.4) is 0 Å². The molecule has 1 aromatic heterocycles. The van der Waals surface area contributed by atoms with Crippen LogP contribution in [0.4, 0.5) is 0 Å². The van der Waals surface area contributed by atoms with E-state index in [-0.39, 0.29) is 5.91 Å². The van der Waals surface area contributed by atoms with Gasteiger partial charge in [-0.05, 0) is 31.7 Å². The molecule has 1 aromatic rings. The second-order valence-corrected chi connectivity index (χ2v) is 5.90. The highest BCUT2D eigenvalue weighted by Gasteiger charge is 2.28. The largest absolute Gasteiger partial charge is 0.472 e. The number of carbonyl (C=O) groups is 1. The fourth-order valence-corrected chi connectivity index (χ4v) is 3.28. The van der Waals surface area contributed by atoms with Gasteiger partial charge in [0.2, 0.25) is 0 Å². The monoisotopic (exact) mass is 292 g/mol. The molecule has 0 bridgehead atoms. The van der Waals surface area contributed by atoms with E-state index in [9.17, 15) is 4.79 Å². The van der Waals surface area contributed by atoms with E-state index in [1.54, 1.807) is 18.6 Å². The maximum absolute atomic E-state index is 12.6. The molecule has 2 fully saturated rings. The average Bonchev–Trinajstić information content (AvgIpc) is 3.08. The summed E-state index contributed by atoms with van der Waals surface area (Å²) in [5.74, 6) is 0.121. The summed E-state index contributed by atoms with van der Waals surface area (Å²) in [6.45, 7) is 5.64. The number of amides is 1. The van der Waals surface area contributed by atoms with Crippen molar-refractivity contribution in [1.29, 1.82) is 0 Å². The number of furan rings is 1. The highest BCUT2D eigenvalue weighted by Crippen LogP contribution is 2.22. The molecule has 1 unspecified atom stereocenters. The number of piperidine rings is 1. The number of nitrogens with zero attached hydrogens (tertiary/aromatic N) is 2. The fourth-order valence-electron chi connectivity index (χ4n) is 3.28. The van der Waals surface area contributed by atoms with Crippen LogP contribution in [0, 0.1) is 0 Å². The second kappa shape index (κ2) is 7.09.